The lowest BCUT2D eigenvalue weighted by Crippen LogP contribution is -2.37. The van der Waals surface area contributed by atoms with Crippen molar-refractivity contribution in [3.63, 3.8) is 0 Å². The summed E-state index contributed by atoms with van der Waals surface area (Å²) in [5.74, 6) is 0.130. The third-order valence-corrected chi connectivity index (χ3v) is 3.20. The van der Waals surface area contributed by atoms with Gasteiger partial charge in [-0.25, -0.2) is 0 Å². The average Bonchev–Trinajstić information content (AvgIpc) is 2.80. The molecule has 1 aromatic carbocycles. The molecule has 0 atom stereocenters. The summed E-state index contributed by atoms with van der Waals surface area (Å²) in [4.78, 5) is 35.9. The van der Waals surface area contributed by atoms with Gasteiger partial charge in [0.2, 0.25) is 11.8 Å². The van der Waals surface area contributed by atoms with Crippen molar-refractivity contribution >= 4 is 17.7 Å². The maximum absolute atomic E-state index is 11.9. The van der Waals surface area contributed by atoms with Gasteiger partial charge in [-0.15, -0.1) is 0 Å². The number of hydrogen-bond acceptors (Lipinski definition) is 4. The molecule has 2 rings (SSSR count). The number of ether oxygens (including phenoxy) is 1. The molecule has 112 valence electrons. The van der Waals surface area contributed by atoms with Crippen LogP contribution in [0, 0.1) is 0 Å². The zero-order chi connectivity index (χ0) is 15.2. The topological polar surface area (TPSA) is 75.7 Å². The quantitative estimate of drug-likeness (QED) is 0.792. The molecule has 21 heavy (non-hydrogen) atoms. The molecule has 0 saturated carbocycles. The molecule has 1 aromatic rings. The number of benzene rings is 1. The Morgan fingerprint density at radius 2 is 1.81 bits per heavy atom. The lowest BCUT2D eigenvalue weighted by atomic mass is 10.2. The summed E-state index contributed by atoms with van der Waals surface area (Å²) in [7, 11) is 0. The SMILES string of the molecule is CCOc1ccc(C(=O)NCCN2C(=O)CCC2=O)cc1. The Balaban J connectivity index is 1.81. The number of rotatable bonds is 6. The second kappa shape index (κ2) is 6.88. The van der Waals surface area contributed by atoms with Gasteiger partial charge in [0.25, 0.3) is 5.91 Å². The van der Waals surface area contributed by atoms with Crippen LogP contribution >= 0.6 is 0 Å². The molecular formula is C15H18N2O4. The molecule has 0 unspecified atom stereocenters. The Hall–Kier alpha value is -2.37. The van der Waals surface area contributed by atoms with Gasteiger partial charge in [-0.1, -0.05) is 0 Å². The summed E-state index contributed by atoms with van der Waals surface area (Å²) < 4.78 is 5.30. The van der Waals surface area contributed by atoms with E-state index in [2.05, 4.69) is 5.32 Å². The van der Waals surface area contributed by atoms with Crippen molar-refractivity contribution < 1.29 is 19.1 Å². The number of likely N-dealkylation sites (tertiary alicyclic amines) is 1. The van der Waals surface area contributed by atoms with Crippen LogP contribution in [0.5, 0.6) is 5.75 Å². The molecule has 6 heteroatoms. The Labute approximate surface area is 123 Å². The van der Waals surface area contributed by atoms with Gasteiger partial charge in [0.15, 0.2) is 0 Å². The largest absolute Gasteiger partial charge is 0.494 e. The van der Waals surface area contributed by atoms with Crippen LogP contribution in [-0.2, 0) is 9.59 Å². The summed E-state index contributed by atoms with van der Waals surface area (Å²) in [5.41, 5.74) is 0.512. The third kappa shape index (κ3) is 3.81. The van der Waals surface area contributed by atoms with Crippen LogP contribution in [0.25, 0.3) is 0 Å². The summed E-state index contributed by atoms with van der Waals surface area (Å²) in [6, 6.07) is 6.80. The van der Waals surface area contributed by atoms with Crippen molar-refractivity contribution in [1.29, 1.82) is 0 Å². The zero-order valence-electron chi connectivity index (χ0n) is 11.9. The first-order valence-electron chi connectivity index (χ1n) is 6.96. The number of amides is 3. The molecule has 0 aromatic heterocycles. The predicted molar refractivity (Wildman–Crippen MR) is 75.9 cm³/mol. The standard InChI is InChI=1S/C15H18N2O4/c1-2-21-12-5-3-11(4-6-12)15(20)16-9-10-17-13(18)7-8-14(17)19/h3-6H,2,7-10H2,1H3,(H,16,20). The molecule has 3 amide bonds. The summed E-state index contributed by atoms with van der Waals surface area (Å²) in [6.07, 6.45) is 0.539. The Bertz CT molecular complexity index is 523. The van der Waals surface area contributed by atoms with Gasteiger partial charge in [0, 0.05) is 31.5 Å². The highest BCUT2D eigenvalue weighted by atomic mass is 16.5. The van der Waals surface area contributed by atoms with E-state index in [0.29, 0.717) is 17.9 Å². The first kappa shape index (κ1) is 15.0. The minimum Gasteiger partial charge on any atom is -0.494 e. The minimum atomic E-state index is -0.239. The lowest BCUT2D eigenvalue weighted by molar-refractivity contribution is -0.138. The zero-order valence-corrected chi connectivity index (χ0v) is 11.9. The van der Waals surface area contributed by atoms with Gasteiger partial charge >= 0.3 is 0 Å². The molecule has 1 aliphatic rings. The van der Waals surface area contributed by atoms with Crippen LogP contribution in [-0.4, -0.2) is 42.3 Å². The molecule has 0 spiro atoms. The van der Waals surface area contributed by atoms with E-state index in [1.807, 2.05) is 6.92 Å². The number of carbonyl (C=O) groups excluding carboxylic acids is 3. The van der Waals surface area contributed by atoms with Crippen molar-refractivity contribution in [3.05, 3.63) is 29.8 Å². The number of hydrogen-bond donors (Lipinski definition) is 1. The van der Waals surface area contributed by atoms with Gasteiger partial charge in [-0.3, -0.25) is 19.3 Å². The van der Waals surface area contributed by atoms with E-state index >= 15 is 0 Å². The van der Waals surface area contributed by atoms with Crippen LogP contribution in [0.1, 0.15) is 30.1 Å². The van der Waals surface area contributed by atoms with Gasteiger partial charge in [0.1, 0.15) is 5.75 Å². The van der Waals surface area contributed by atoms with E-state index in [1.54, 1.807) is 24.3 Å². The molecule has 6 nitrogen and oxygen atoms in total. The van der Waals surface area contributed by atoms with Crippen LogP contribution in [0.2, 0.25) is 0 Å². The maximum Gasteiger partial charge on any atom is 0.251 e. The molecule has 1 aliphatic heterocycles. The van der Waals surface area contributed by atoms with Gasteiger partial charge in [-0.2, -0.15) is 0 Å². The average molecular weight is 290 g/mol. The van der Waals surface area contributed by atoms with E-state index in [4.69, 9.17) is 4.74 Å². The fourth-order valence-corrected chi connectivity index (χ4v) is 2.12. The second-order valence-corrected chi connectivity index (χ2v) is 4.65. The fourth-order valence-electron chi connectivity index (χ4n) is 2.12. The monoisotopic (exact) mass is 290 g/mol. The third-order valence-electron chi connectivity index (χ3n) is 3.20. The van der Waals surface area contributed by atoms with E-state index in [9.17, 15) is 14.4 Å². The molecule has 1 N–H and O–H groups in total. The smallest absolute Gasteiger partial charge is 0.251 e. The fraction of sp³-hybridized carbons (Fsp3) is 0.400. The Morgan fingerprint density at radius 1 is 1.19 bits per heavy atom. The van der Waals surface area contributed by atoms with Crippen LogP contribution in [0.4, 0.5) is 0 Å². The number of carbonyl (C=O) groups is 3. The van der Waals surface area contributed by atoms with E-state index in [0.717, 1.165) is 0 Å². The highest BCUT2D eigenvalue weighted by molar-refractivity contribution is 6.02. The summed E-state index contributed by atoms with van der Waals surface area (Å²) in [5, 5.41) is 2.69. The molecule has 1 fully saturated rings. The molecular weight excluding hydrogens is 272 g/mol. The van der Waals surface area contributed by atoms with Crippen LogP contribution in [0.15, 0.2) is 24.3 Å². The Kier molecular flexibility index (Phi) is 4.92. The predicted octanol–water partition coefficient (Wildman–Crippen LogP) is 0.964. The first-order valence-corrected chi connectivity index (χ1v) is 6.96. The van der Waals surface area contributed by atoms with E-state index in [1.165, 1.54) is 4.90 Å². The second-order valence-electron chi connectivity index (χ2n) is 4.65. The van der Waals surface area contributed by atoms with Gasteiger partial charge in [-0.05, 0) is 31.2 Å². The molecule has 1 heterocycles. The molecule has 0 bridgehead atoms. The minimum absolute atomic E-state index is 0.171. The molecule has 1 saturated heterocycles. The normalized spacial score (nSPS) is 14.4. The number of imide groups is 1. The highest BCUT2D eigenvalue weighted by Crippen LogP contribution is 2.12. The molecule has 0 radical (unpaired) electrons. The maximum atomic E-state index is 11.9. The number of nitrogens with one attached hydrogen (secondary N) is 1. The number of nitrogens with zero attached hydrogens (tertiary/aromatic N) is 1. The van der Waals surface area contributed by atoms with Crippen molar-refractivity contribution in [2.24, 2.45) is 0 Å². The van der Waals surface area contributed by atoms with Crippen molar-refractivity contribution in [1.82, 2.24) is 10.2 Å². The summed E-state index contributed by atoms with van der Waals surface area (Å²) >= 11 is 0. The van der Waals surface area contributed by atoms with Crippen molar-refractivity contribution in [3.8, 4) is 5.75 Å². The van der Waals surface area contributed by atoms with Crippen LogP contribution < -0.4 is 10.1 Å². The highest BCUT2D eigenvalue weighted by Gasteiger charge is 2.28. The van der Waals surface area contributed by atoms with E-state index < -0.39 is 0 Å². The van der Waals surface area contributed by atoms with E-state index in [-0.39, 0.29) is 43.7 Å². The van der Waals surface area contributed by atoms with Crippen molar-refractivity contribution in [2.45, 2.75) is 19.8 Å². The first-order chi connectivity index (χ1) is 10.1. The summed E-state index contributed by atoms with van der Waals surface area (Å²) in [6.45, 7) is 2.94. The van der Waals surface area contributed by atoms with Gasteiger partial charge < -0.3 is 10.1 Å². The molecule has 0 aliphatic carbocycles. The Morgan fingerprint density at radius 3 is 2.38 bits per heavy atom. The van der Waals surface area contributed by atoms with Crippen molar-refractivity contribution in [2.75, 3.05) is 19.7 Å². The van der Waals surface area contributed by atoms with Gasteiger partial charge in [0.05, 0.1) is 6.61 Å². The van der Waals surface area contributed by atoms with Crippen LogP contribution in [0.3, 0.4) is 0 Å². The lowest BCUT2D eigenvalue weighted by Gasteiger charge is -2.14.